The first-order chi connectivity index (χ1) is 17.3. The number of nitrogens with one attached hydrogen (secondary N) is 1. The topological polar surface area (TPSA) is 49.4 Å². The molecule has 212 valence electrons. The molecular weight excluding hydrogens is 482 g/mol. The monoisotopic (exact) mass is 535 g/mol. The first kappa shape index (κ1) is 33.4. The van der Waals surface area contributed by atoms with E-state index < -0.39 is 0 Å². The molecule has 1 N–H and O–H groups in total. The van der Waals surface area contributed by atoms with Crippen LogP contribution in [0.5, 0.6) is 0 Å². The van der Waals surface area contributed by atoms with Crippen LogP contribution in [0.1, 0.15) is 102 Å². The molecule has 6 heteroatoms. The molecule has 1 aromatic carbocycles. The molecule has 0 bridgehead atoms. The lowest BCUT2D eigenvalue weighted by molar-refractivity contribution is -0.886. The maximum Gasteiger partial charge on any atom is 0.281 e. The van der Waals surface area contributed by atoms with Crippen molar-refractivity contribution in [3.8, 4) is 0 Å². The molecule has 2 rings (SSSR count). The molecule has 0 aliphatic carbocycles. The highest BCUT2D eigenvalue weighted by molar-refractivity contribution is 5.90. The fourth-order valence-electron chi connectivity index (χ4n) is 5.32. The Kier molecular flexibility index (Phi) is 16.8. The number of halogens is 1. The first-order valence-electron chi connectivity index (χ1n) is 14.8. The average Bonchev–Trinajstić information content (AvgIpc) is 3.35. The summed E-state index contributed by atoms with van der Waals surface area (Å²) in [5.74, 6) is 0.137. The fraction of sp³-hybridized carbons (Fsp3) is 0.742. The van der Waals surface area contributed by atoms with Crippen LogP contribution in [0, 0.1) is 0 Å². The zero-order valence-electron chi connectivity index (χ0n) is 24.2. The Hall–Kier alpha value is -1.59. The highest BCUT2D eigenvalue weighted by Gasteiger charge is 2.41. The van der Waals surface area contributed by atoms with E-state index in [0.29, 0.717) is 17.4 Å². The van der Waals surface area contributed by atoms with Crippen LogP contribution >= 0.6 is 0 Å². The standard InChI is InChI=1S/C31H53N3O2.ClH/c1-5-6-7-8-9-10-11-12-13-14-15-19-24-32-30(35)28-23-20-25-33(28)31(36)29(34(2,3)4)26-27-21-17-16-18-22-27;/h16-18,21-22,28-29H,5-15,19-20,23-26H2,1-4H3;1H. The Labute approximate surface area is 233 Å². The first-order valence-corrected chi connectivity index (χ1v) is 14.8. The van der Waals surface area contributed by atoms with Crippen molar-refractivity contribution in [1.29, 1.82) is 0 Å². The van der Waals surface area contributed by atoms with Crippen LogP contribution in [-0.4, -0.2) is 67.5 Å². The zero-order chi connectivity index (χ0) is 26.2. The molecule has 0 saturated carbocycles. The van der Waals surface area contributed by atoms with Crippen molar-refractivity contribution >= 4 is 11.8 Å². The van der Waals surface area contributed by atoms with Gasteiger partial charge in [-0.3, -0.25) is 9.59 Å². The summed E-state index contributed by atoms with van der Waals surface area (Å²) in [7, 11) is 6.22. The highest BCUT2D eigenvalue weighted by Crippen LogP contribution is 2.23. The van der Waals surface area contributed by atoms with Crippen molar-refractivity contribution in [2.45, 2.75) is 115 Å². The molecule has 1 aromatic rings. The molecule has 0 spiro atoms. The van der Waals surface area contributed by atoms with Gasteiger partial charge in [-0.05, 0) is 24.8 Å². The van der Waals surface area contributed by atoms with E-state index in [0.717, 1.165) is 31.4 Å². The van der Waals surface area contributed by atoms with Crippen LogP contribution in [0.4, 0.5) is 0 Å². The molecule has 1 aliphatic rings. The smallest absolute Gasteiger partial charge is 0.281 e. The van der Waals surface area contributed by atoms with Gasteiger partial charge in [-0.1, -0.05) is 108 Å². The number of carbonyl (C=O) groups is 2. The second-order valence-corrected chi connectivity index (χ2v) is 11.7. The third-order valence-corrected chi connectivity index (χ3v) is 7.66. The number of hydrogen-bond acceptors (Lipinski definition) is 2. The van der Waals surface area contributed by atoms with Crippen molar-refractivity contribution in [3.63, 3.8) is 0 Å². The Bertz CT molecular complexity index is 751. The number of rotatable bonds is 18. The summed E-state index contributed by atoms with van der Waals surface area (Å²) in [5, 5.41) is 3.13. The van der Waals surface area contributed by atoms with Crippen LogP contribution in [0.15, 0.2) is 30.3 Å². The van der Waals surface area contributed by atoms with Crippen molar-refractivity contribution in [2.75, 3.05) is 34.2 Å². The number of likely N-dealkylation sites (tertiary alicyclic amines) is 1. The average molecular weight is 536 g/mol. The third-order valence-electron chi connectivity index (χ3n) is 7.66. The number of unbranched alkanes of at least 4 members (excludes halogenated alkanes) is 11. The summed E-state index contributed by atoms with van der Waals surface area (Å²) in [4.78, 5) is 28.5. The van der Waals surface area contributed by atoms with Crippen LogP contribution in [-0.2, 0) is 16.0 Å². The van der Waals surface area contributed by atoms with Gasteiger partial charge in [0, 0.05) is 19.5 Å². The van der Waals surface area contributed by atoms with E-state index in [9.17, 15) is 9.59 Å². The van der Waals surface area contributed by atoms with Crippen molar-refractivity contribution < 1.29 is 26.5 Å². The van der Waals surface area contributed by atoms with Gasteiger partial charge in [0.15, 0.2) is 6.04 Å². The van der Waals surface area contributed by atoms with Gasteiger partial charge >= 0.3 is 0 Å². The molecular formula is C31H54ClN3O2. The Balaban J connectivity index is 0.00000684. The lowest BCUT2D eigenvalue weighted by Gasteiger charge is -2.37. The SMILES string of the molecule is CCCCCCCCCCCCCCNC(=O)C1CCCN1C(=O)C(Cc1ccccc1)[N+](C)(C)C.[Cl-]. The van der Waals surface area contributed by atoms with Crippen LogP contribution in [0.25, 0.3) is 0 Å². The number of likely N-dealkylation sites (N-methyl/N-ethyl adjacent to an activating group) is 1. The van der Waals surface area contributed by atoms with Gasteiger partial charge in [0.2, 0.25) is 5.91 Å². The maximum absolute atomic E-state index is 13.6. The third kappa shape index (κ3) is 12.7. The Morgan fingerprint density at radius 1 is 0.892 bits per heavy atom. The molecule has 1 aliphatic heterocycles. The van der Waals surface area contributed by atoms with Gasteiger partial charge in [0.05, 0.1) is 21.1 Å². The van der Waals surface area contributed by atoms with Crippen LogP contribution in [0.3, 0.4) is 0 Å². The van der Waals surface area contributed by atoms with E-state index >= 15 is 0 Å². The predicted molar refractivity (Wildman–Crippen MR) is 151 cm³/mol. The van der Waals surface area contributed by atoms with Crippen molar-refractivity contribution in [1.82, 2.24) is 10.2 Å². The molecule has 2 atom stereocenters. The largest absolute Gasteiger partial charge is 1.00 e. The van der Waals surface area contributed by atoms with E-state index in [2.05, 4.69) is 45.5 Å². The summed E-state index contributed by atoms with van der Waals surface area (Å²) in [6.45, 7) is 3.67. The summed E-state index contributed by atoms with van der Waals surface area (Å²) < 4.78 is 0.553. The van der Waals surface area contributed by atoms with Crippen molar-refractivity contribution in [3.05, 3.63) is 35.9 Å². The van der Waals surface area contributed by atoms with Crippen LogP contribution in [0.2, 0.25) is 0 Å². The molecule has 5 nitrogen and oxygen atoms in total. The van der Waals surface area contributed by atoms with Gasteiger partial charge in [-0.2, -0.15) is 0 Å². The molecule has 1 fully saturated rings. The normalized spacial score (nSPS) is 16.3. The van der Waals surface area contributed by atoms with Gasteiger partial charge in [-0.25, -0.2) is 0 Å². The number of hydrogen-bond donors (Lipinski definition) is 1. The van der Waals surface area contributed by atoms with E-state index in [1.54, 1.807) is 0 Å². The predicted octanol–water partition coefficient (Wildman–Crippen LogP) is 3.12. The lowest BCUT2D eigenvalue weighted by atomic mass is 10.0. The van der Waals surface area contributed by atoms with E-state index in [4.69, 9.17) is 0 Å². The second-order valence-electron chi connectivity index (χ2n) is 11.7. The fourth-order valence-corrected chi connectivity index (χ4v) is 5.32. The van der Waals surface area contributed by atoms with E-state index in [-0.39, 0.29) is 36.3 Å². The summed E-state index contributed by atoms with van der Waals surface area (Å²) in [6.07, 6.45) is 18.1. The number of quaternary nitrogens is 1. The molecule has 0 radical (unpaired) electrons. The van der Waals surface area contributed by atoms with Gasteiger partial charge in [0.25, 0.3) is 5.91 Å². The summed E-state index contributed by atoms with van der Waals surface area (Å²) >= 11 is 0. The molecule has 2 amide bonds. The summed E-state index contributed by atoms with van der Waals surface area (Å²) in [5.41, 5.74) is 1.16. The zero-order valence-corrected chi connectivity index (χ0v) is 24.9. The summed E-state index contributed by atoms with van der Waals surface area (Å²) in [6, 6.07) is 9.70. The van der Waals surface area contributed by atoms with E-state index in [1.165, 1.54) is 70.6 Å². The number of carbonyl (C=O) groups excluding carboxylic acids is 2. The Morgan fingerprint density at radius 2 is 1.43 bits per heavy atom. The van der Waals surface area contributed by atoms with E-state index in [1.807, 2.05) is 23.1 Å². The van der Waals surface area contributed by atoms with Crippen molar-refractivity contribution in [2.24, 2.45) is 0 Å². The minimum Gasteiger partial charge on any atom is -1.00 e. The molecule has 37 heavy (non-hydrogen) atoms. The number of amides is 2. The van der Waals surface area contributed by atoms with Gasteiger partial charge in [-0.15, -0.1) is 0 Å². The maximum atomic E-state index is 13.6. The number of benzene rings is 1. The highest BCUT2D eigenvalue weighted by atomic mass is 35.5. The minimum atomic E-state index is -0.320. The van der Waals surface area contributed by atoms with Gasteiger partial charge < -0.3 is 27.1 Å². The minimum absolute atomic E-state index is 0. The quantitative estimate of drug-likeness (QED) is 0.232. The second kappa shape index (κ2) is 18.6. The molecule has 2 unspecified atom stereocenters. The number of nitrogens with zero attached hydrogens (tertiary/aromatic N) is 2. The van der Waals surface area contributed by atoms with Gasteiger partial charge in [0.1, 0.15) is 6.04 Å². The molecule has 1 saturated heterocycles. The molecule has 1 heterocycles. The Morgan fingerprint density at radius 3 is 1.97 bits per heavy atom. The lowest BCUT2D eigenvalue weighted by Crippen LogP contribution is -3.00. The molecule has 0 aromatic heterocycles. The van der Waals surface area contributed by atoms with Crippen LogP contribution < -0.4 is 17.7 Å².